The molecule has 1 N–H and O–H groups in total. The zero-order chi connectivity index (χ0) is 15.8. The Morgan fingerprint density at radius 1 is 1.17 bits per heavy atom. The average molecular weight is 326 g/mol. The van der Waals surface area contributed by atoms with Crippen LogP contribution in [0.1, 0.15) is 5.69 Å². The van der Waals surface area contributed by atoms with Crippen LogP contribution in [0.2, 0.25) is 0 Å². The minimum absolute atomic E-state index is 0.126. The summed E-state index contributed by atoms with van der Waals surface area (Å²) in [5.74, 6) is -0.281. The molecule has 0 bridgehead atoms. The number of hydrogen-bond donors (Lipinski definition) is 1. The summed E-state index contributed by atoms with van der Waals surface area (Å²) in [7, 11) is 0. The van der Waals surface area contributed by atoms with Gasteiger partial charge in [-0.1, -0.05) is 17.4 Å². The fourth-order valence-electron chi connectivity index (χ4n) is 2.33. The lowest BCUT2D eigenvalue weighted by Crippen LogP contribution is -2.16. The Kier molecular flexibility index (Phi) is 3.27. The summed E-state index contributed by atoms with van der Waals surface area (Å²) in [6.07, 6.45) is 1.68. The van der Waals surface area contributed by atoms with Gasteiger partial charge in [0.25, 0.3) is 5.56 Å². The van der Waals surface area contributed by atoms with E-state index in [1.54, 1.807) is 24.4 Å². The number of thiazole rings is 1. The highest BCUT2D eigenvalue weighted by atomic mass is 32.1. The molecule has 23 heavy (non-hydrogen) atoms. The molecule has 0 unspecified atom stereocenters. The van der Waals surface area contributed by atoms with Crippen molar-refractivity contribution >= 4 is 32.3 Å². The minimum Gasteiger partial charge on any atom is -0.356 e. The van der Waals surface area contributed by atoms with Crippen molar-refractivity contribution in [2.75, 3.05) is 5.32 Å². The Labute approximate surface area is 134 Å². The Bertz CT molecular complexity index is 1070. The summed E-state index contributed by atoms with van der Waals surface area (Å²) in [5, 5.41) is 3.80. The number of benzene rings is 1. The lowest BCUT2D eigenvalue weighted by Gasteiger charge is -2.04. The second-order valence-corrected chi connectivity index (χ2v) is 6.03. The number of pyridine rings is 1. The van der Waals surface area contributed by atoms with Gasteiger partial charge in [0.15, 0.2) is 5.13 Å². The highest BCUT2D eigenvalue weighted by Crippen LogP contribution is 2.26. The number of anilines is 1. The van der Waals surface area contributed by atoms with E-state index in [-0.39, 0.29) is 11.4 Å². The highest BCUT2D eigenvalue weighted by Gasteiger charge is 2.06. The molecule has 3 heterocycles. The van der Waals surface area contributed by atoms with Crippen molar-refractivity contribution in [3.05, 3.63) is 70.5 Å². The zero-order valence-electron chi connectivity index (χ0n) is 11.9. The molecule has 5 nitrogen and oxygen atoms in total. The summed E-state index contributed by atoms with van der Waals surface area (Å²) in [6.45, 7) is 0.378. The summed E-state index contributed by atoms with van der Waals surface area (Å²) in [6, 6.07) is 11.4. The Morgan fingerprint density at radius 3 is 3.00 bits per heavy atom. The van der Waals surface area contributed by atoms with Gasteiger partial charge in [0.05, 0.1) is 22.5 Å². The van der Waals surface area contributed by atoms with Gasteiger partial charge in [0, 0.05) is 12.3 Å². The number of fused-ring (bicyclic) bond motifs is 2. The summed E-state index contributed by atoms with van der Waals surface area (Å²) in [4.78, 5) is 20.8. The van der Waals surface area contributed by atoms with Crippen LogP contribution in [0.4, 0.5) is 9.52 Å². The van der Waals surface area contributed by atoms with Crippen LogP contribution in [0.5, 0.6) is 0 Å². The van der Waals surface area contributed by atoms with Crippen LogP contribution >= 0.6 is 11.3 Å². The monoisotopic (exact) mass is 326 g/mol. The van der Waals surface area contributed by atoms with Crippen LogP contribution in [0.25, 0.3) is 15.9 Å². The molecule has 4 aromatic rings. The quantitative estimate of drug-likeness (QED) is 0.629. The Hall–Kier alpha value is -2.80. The first kappa shape index (κ1) is 13.8. The Balaban J connectivity index is 1.61. The van der Waals surface area contributed by atoms with E-state index in [1.165, 1.54) is 33.9 Å². The predicted octanol–water partition coefficient (Wildman–Crippen LogP) is 3.06. The number of hydrogen-bond acceptors (Lipinski definition) is 5. The maximum absolute atomic E-state index is 13.2. The average Bonchev–Trinajstić information content (AvgIpc) is 2.95. The molecule has 0 fully saturated rings. The van der Waals surface area contributed by atoms with Gasteiger partial charge in [0.2, 0.25) is 0 Å². The van der Waals surface area contributed by atoms with Crippen LogP contribution in [0, 0.1) is 5.82 Å². The van der Waals surface area contributed by atoms with Gasteiger partial charge < -0.3 is 5.32 Å². The molecule has 0 radical (unpaired) electrons. The predicted molar refractivity (Wildman–Crippen MR) is 88.4 cm³/mol. The van der Waals surface area contributed by atoms with E-state index in [0.29, 0.717) is 23.0 Å². The first-order valence-electron chi connectivity index (χ1n) is 6.96. The summed E-state index contributed by atoms with van der Waals surface area (Å²) < 4.78 is 15.5. The molecule has 4 rings (SSSR count). The van der Waals surface area contributed by atoms with E-state index in [4.69, 9.17) is 0 Å². The normalized spacial score (nSPS) is 11.2. The van der Waals surface area contributed by atoms with Crippen molar-refractivity contribution in [3.8, 4) is 0 Å². The van der Waals surface area contributed by atoms with Gasteiger partial charge in [-0.25, -0.2) is 14.4 Å². The maximum Gasteiger partial charge on any atom is 0.258 e. The van der Waals surface area contributed by atoms with Gasteiger partial charge in [-0.3, -0.25) is 9.20 Å². The molecule has 0 atom stereocenters. The molecular formula is C16H11FN4OS. The second kappa shape index (κ2) is 5.44. The number of aromatic nitrogens is 3. The van der Waals surface area contributed by atoms with E-state index in [2.05, 4.69) is 15.3 Å². The highest BCUT2D eigenvalue weighted by molar-refractivity contribution is 7.22. The molecule has 3 aromatic heterocycles. The van der Waals surface area contributed by atoms with Crippen molar-refractivity contribution in [1.82, 2.24) is 14.4 Å². The maximum atomic E-state index is 13.2. The topological polar surface area (TPSA) is 59.3 Å². The molecule has 0 aliphatic rings. The molecule has 0 amide bonds. The van der Waals surface area contributed by atoms with Crippen molar-refractivity contribution in [2.24, 2.45) is 0 Å². The van der Waals surface area contributed by atoms with Gasteiger partial charge in [0.1, 0.15) is 11.5 Å². The number of nitrogens with zero attached hydrogens (tertiary/aromatic N) is 3. The number of nitrogens with one attached hydrogen (secondary N) is 1. The van der Waals surface area contributed by atoms with E-state index < -0.39 is 0 Å². The zero-order valence-corrected chi connectivity index (χ0v) is 12.7. The molecule has 7 heteroatoms. The van der Waals surface area contributed by atoms with Crippen LogP contribution in [-0.4, -0.2) is 14.4 Å². The largest absolute Gasteiger partial charge is 0.356 e. The number of halogens is 1. The van der Waals surface area contributed by atoms with E-state index in [9.17, 15) is 9.18 Å². The Morgan fingerprint density at radius 2 is 2.09 bits per heavy atom. The first-order valence-corrected chi connectivity index (χ1v) is 7.78. The smallest absolute Gasteiger partial charge is 0.258 e. The molecule has 1 aromatic carbocycles. The van der Waals surface area contributed by atoms with Crippen molar-refractivity contribution in [3.63, 3.8) is 0 Å². The van der Waals surface area contributed by atoms with Gasteiger partial charge in [-0.15, -0.1) is 0 Å². The second-order valence-electron chi connectivity index (χ2n) is 5.00. The van der Waals surface area contributed by atoms with Gasteiger partial charge >= 0.3 is 0 Å². The van der Waals surface area contributed by atoms with Crippen LogP contribution < -0.4 is 10.9 Å². The fourth-order valence-corrected chi connectivity index (χ4v) is 3.22. The third-order valence-corrected chi connectivity index (χ3v) is 4.37. The van der Waals surface area contributed by atoms with Crippen molar-refractivity contribution in [2.45, 2.75) is 6.54 Å². The molecule has 0 saturated carbocycles. The number of rotatable bonds is 3. The van der Waals surface area contributed by atoms with Crippen molar-refractivity contribution < 1.29 is 4.39 Å². The molecule has 0 spiro atoms. The van der Waals surface area contributed by atoms with Crippen molar-refractivity contribution in [1.29, 1.82) is 0 Å². The lowest BCUT2D eigenvalue weighted by molar-refractivity contribution is 0.630. The third kappa shape index (κ3) is 2.66. The van der Waals surface area contributed by atoms with E-state index >= 15 is 0 Å². The molecular weight excluding hydrogens is 315 g/mol. The SMILES string of the molecule is O=c1cc(CNc2nc3ccc(F)cc3s2)nc2ccccn12. The van der Waals surface area contributed by atoms with Crippen LogP contribution in [0.15, 0.2) is 53.5 Å². The first-order chi connectivity index (χ1) is 11.2. The molecule has 0 saturated heterocycles. The molecule has 114 valence electrons. The standard InChI is InChI=1S/C16H11FN4OS/c17-10-4-5-12-13(7-10)23-16(20-12)18-9-11-8-15(22)21-6-2-1-3-14(21)19-11/h1-8H,9H2,(H,18,20). The van der Waals surface area contributed by atoms with Gasteiger partial charge in [-0.2, -0.15) is 0 Å². The minimum atomic E-state index is -0.281. The van der Waals surface area contributed by atoms with Crippen LogP contribution in [0.3, 0.4) is 0 Å². The summed E-state index contributed by atoms with van der Waals surface area (Å²) in [5.41, 5.74) is 1.85. The molecule has 0 aliphatic heterocycles. The third-order valence-electron chi connectivity index (χ3n) is 3.40. The van der Waals surface area contributed by atoms with E-state index in [1.807, 2.05) is 6.07 Å². The van der Waals surface area contributed by atoms with Gasteiger partial charge in [-0.05, 0) is 30.3 Å². The lowest BCUT2D eigenvalue weighted by atomic mass is 10.3. The van der Waals surface area contributed by atoms with E-state index in [0.717, 1.165) is 10.2 Å². The summed E-state index contributed by atoms with van der Waals surface area (Å²) >= 11 is 1.37. The fraction of sp³-hybridized carbons (Fsp3) is 0.0625. The molecule has 0 aliphatic carbocycles. The van der Waals surface area contributed by atoms with Crippen LogP contribution in [-0.2, 0) is 6.54 Å².